The summed E-state index contributed by atoms with van der Waals surface area (Å²) in [6, 6.07) is 12.7. The Balaban J connectivity index is 0.00000210. The number of nitrogens with two attached hydrogens (primary N) is 1. The van der Waals surface area contributed by atoms with Gasteiger partial charge in [0.05, 0.1) is 6.04 Å². The molecule has 2 aromatic carbocycles. The zero-order valence-corrected chi connectivity index (χ0v) is 17.7. The predicted octanol–water partition coefficient (Wildman–Crippen LogP) is 3.78. The molecule has 0 atom stereocenters. The van der Waals surface area contributed by atoms with Gasteiger partial charge in [-0.3, -0.25) is 9.69 Å². The van der Waals surface area contributed by atoms with Crippen molar-refractivity contribution in [3.8, 4) is 0 Å². The number of hydrogen-bond donors (Lipinski definition) is 1. The van der Waals surface area contributed by atoms with Crippen LogP contribution in [0.15, 0.2) is 48.5 Å². The molecule has 8 heteroatoms. The summed E-state index contributed by atoms with van der Waals surface area (Å²) in [6.45, 7) is 3.20. The normalized spacial score (nSPS) is 14.3. The Morgan fingerprint density at radius 3 is 1.72 bits per heavy atom. The van der Waals surface area contributed by atoms with Crippen molar-refractivity contribution in [2.75, 3.05) is 32.7 Å². The Hall–Kier alpha value is -1.73. The number of nitrogens with zero attached hydrogens (tertiary/aromatic N) is 2. The molecule has 0 radical (unpaired) electrons. The van der Waals surface area contributed by atoms with E-state index in [9.17, 15) is 13.6 Å². The number of benzene rings is 2. The fourth-order valence-corrected chi connectivity index (χ4v) is 3.55. The van der Waals surface area contributed by atoms with E-state index in [1.165, 1.54) is 24.3 Å². The van der Waals surface area contributed by atoms with E-state index in [1.54, 1.807) is 24.3 Å². The van der Waals surface area contributed by atoms with E-state index in [4.69, 9.17) is 5.73 Å². The molecule has 29 heavy (non-hydrogen) atoms. The molecular weight excluding hydrogens is 419 g/mol. The molecule has 4 nitrogen and oxygen atoms in total. The highest BCUT2D eigenvalue weighted by Gasteiger charge is 2.28. The molecule has 0 saturated carbocycles. The average Bonchev–Trinajstić information content (AvgIpc) is 2.70. The van der Waals surface area contributed by atoms with Crippen LogP contribution in [0.2, 0.25) is 0 Å². The first-order valence-electron chi connectivity index (χ1n) is 9.31. The van der Waals surface area contributed by atoms with Crippen molar-refractivity contribution in [2.45, 2.75) is 18.9 Å². The lowest BCUT2D eigenvalue weighted by molar-refractivity contribution is -0.133. The number of piperazine rings is 1. The van der Waals surface area contributed by atoms with Crippen molar-refractivity contribution >= 4 is 30.7 Å². The highest BCUT2D eigenvalue weighted by Crippen LogP contribution is 2.30. The summed E-state index contributed by atoms with van der Waals surface area (Å²) < 4.78 is 26.7. The monoisotopic (exact) mass is 445 g/mol. The molecular formula is C21H27Cl2F2N3O. The quantitative estimate of drug-likeness (QED) is 0.735. The summed E-state index contributed by atoms with van der Waals surface area (Å²) in [5.41, 5.74) is 7.39. The molecule has 2 aromatic rings. The van der Waals surface area contributed by atoms with E-state index in [2.05, 4.69) is 4.90 Å². The molecule has 1 amide bonds. The van der Waals surface area contributed by atoms with Gasteiger partial charge in [-0.25, -0.2) is 8.78 Å². The van der Waals surface area contributed by atoms with Crippen LogP contribution < -0.4 is 5.73 Å². The van der Waals surface area contributed by atoms with Gasteiger partial charge in [0.1, 0.15) is 11.6 Å². The Morgan fingerprint density at radius 1 is 0.862 bits per heavy atom. The number of carbonyl (C=O) groups excluding carboxylic acids is 1. The van der Waals surface area contributed by atoms with Crippen molar-refractivity contribution in [3.05, 3.63) is 71.3 Å². The second kappa shape index (κ2) is 12.1. The third kappa shape index (κ3) is 6.64. The summed E-state index contributed by atoms with van der Waals surface area (Å²) in [5, 5.41) is 0. The van der Waals surface area contributed by atoms with Crippen LogP contribution in [0.25, 0.3) is 0 Å². The molecule has 0 aliphatic carbocycles. The molecule has 0 bridgehead atoms. The van der Waals surface area contributed by atoms with Gasteiger partial charge in [0, 0.05) is 32.6 Å². The molecule has 1 saturated heterocycles. The van der Waals surface area contributed by atoms with Crippen LogP contribution in [0.3, 0.4) is 0 Å². The van der Waals surface area contributed by atoms with Gasteiger partial charge in [0.15, 0.2) is 0 Å². The maximum absolute atomic E-state index is 13.4. The van der Waals surface area contributed by atoms with Gasteiger partial charge in [-0.05, 0) is 48.4 Å². The van der Waals surface area contributed by atoms with Crippen molar-refractivity contribution in [2.24, 2.45) is 5.73 Å². The largest absolute Gasteiger partial charge is 0.340 e. The van der Waals surface area contributed by atoms with Crippen LogP contribution in [0.1, 0.15) is 30.0 Å². The third-order valence-corrected chi connectivity index (χ3v) is 5.00. The molecule has 1 fully saturated rings. The lowest BCUT2D eigenvalue weighted by Crippen LogP contribution is -2.49. The van der Waals surface area contributed by atoms with Crippen molar-refractivity contribution < 1.29 is 13.6 Å². The van der Waals surface area contributed by atoms with Crippen molar-refractivity contribution in [3.63, 3.8) is 0 Å². The maximum atomic E-state index is 13.4. The highest BCUT2D eigenvalue weighted by molar-refractivity contribution is 5.85. The summed E-state index contributed by atoms with van der Waals surface area (Å²) >= 11 is 0. The summed E-state index contributed by atoms with van der Waals surface area (Å²) in [6.07, 6.45) is 1.18. The second-order valence-corrected chi connectivity index (χ2v) is 6.81. The van der Waals surface area contributed by atoms with Gasteiger partial charge in [0.25, 0.3) is 0 Å². The highest BCUT2D eigenvalue weighted by atomic mass is 35.5. The van der Waals surface area contributed by atoms with Crippen molar-refractivity contribution in [1.82, 2.24) is 9.80 Å². The number of rotatable bonds is 6. The Kier molecular flexibility index (Phi) is 10.5. The summed E-state index contributed by atoms with van der Waals surface area (Å²) in [7, 11) is 0. The molecule has 1 heterocycles. The van der Waals surface area contributed by atoms with Gasteiger partial charge in [-0.2, -0.15) is 0 Å². The maximum Gasteiger partial charge on any atom is 0.222 e. The topological polar surface area (TPSA) is 49.6 Å². The van der Waals surface area contributed by atoms with Gasteiger partial charge in [-0.15, -0.1) is 24.8 Å². The Labute approximate surface area is 182 Å². The number of carbonyl (C=O) groups is 1. The Bertz CT molecular complexity index is 706. The number of hydrogen-bond acceptors (Lipinski definition) is 3. The van der Waals surface area contributed by atoms with Gasteiger partial charge < -0.3 is 10.6 Å². The minimum absolute atomic E-state index is 0. The second-order valence-electron chi connectivity index (χ2n) is 6.81. The molecule has 0 aromatic heterocycles. The van der Waals surface area contributed by atoms with Crippen LogP contribution in [-0.4, -0.2) is 48.4 Å². The summed E-state index contributed by atoms with van der Waals surface area (Å²) in [5.74, 6) is -0.431. The molecule has 3 rings (SSSR count). The molecule has 1 aliphatic rings. The molecule has 0 spiro atoms. The van der Waals surface area contributed by atoms with Gasteiger partial charge >= 0.3 is 0 Å². The van der Waals surface area contributed by atoms with E-state index >= 15 is 0 Å². The fourth-order valence-electron chi connectivity index (χ4n) is 3.55. The molecule has 1 aliphatic heterocycles. The number of halogens is 4. The first-order valence-corrected chi connectivity index (χ1v) is 9.31. The average molecular weight is 446 g/mol. The fraction of sp³-hybridized carbons (Fsp3) is 0.381. The van der Waals surface area contributed by atoms with E-state index in [0.717, 1.165) is 11.1 Å². The lowest BCUT2D eigenvalue weighted by Gasteiger charge is -2.40. The molecule has 160 valence electrons. The van der Waals surface area contributed by atoms with Crippen LogP contribution in [0.5, 0.6) is 0 Å². The van der Waals surface area contributed by atoms with Gasteiger partial charge in [0.2, 0.25) is 5.91 Å². The first-order chi connectivity index (χ1) is 13.1. The van der Waals surface area contributed by atoms with E-state index in [-0.39, 0.29) is 48.4 Å². The Morgan fingerprint density at radius 2 is 1.31 bits per heavy atom. The molecule has 2 N–H and O–H groups in total. The third-order valence-electron chi connectivity index (χ3n) is 5.00. The smallest absolute Gasteiger partial charge is 0.222 e. The summed E-state index contributed by atoms with van der Waals surface area (Å²) in [4.78, 5) is 16.3. The van der Waals surface area contributed by atoms with Crippen LogP contribution in [0, 0.1) is 11.6 Å². The lowest BCUT2D eigenvalue weighted by atomic mass is 9.96. The van der Waals surface area contributed by atoms with Crippen molar-refractivity contribution in [1.29, 1.82) is 0 Å². The van der Waals surface area contributed by atoms with E-state index in [1.807, 2.05) is 4.90 Å². The SMILES string of the molecule is Cl.Cl.NCCCC(=O)N1CCN(C(c2ccc(F)cc2)c2ccc(F)cc2)CC1. The minimum atomic E-state index is -0.285. The number of amides is 1. The zero-order valence-electron chi connectivity index (χ0n) is 16.1. The predicted molar refractivity (Wildman–Crippen MR) is 116 cm³/mol. The van der Waals surface area contributed by atoms with Crippen LogP contribution in [0.4, 0.5) is 8.78 Å². The van der Waals surface area contributed by atoms with Crippen LogP contribution >= 0.6 is 24.8 Å². The zero-order chi connectivity index (χ0) is 19.2. The minimum Gasteiger partial charge on any atom is -0.340 e. The van der Waals surface area contributed by atoms with Crippen LogP contribution in [-0.2, 0) is 4.79 Å². The first kappa shape index (κ1) is 25.3. The van der Waals surface area contributed by atoms with E-state index in [0.29, 0.717) is 45.6 Å². The van der Waals surface area contributed by atoms with E-state index < -0.39 is 0 Å². The van der Waals surface area contributed by atoms with Gasteiger partial charge in [-0.1, -0.05) is 24.3 Å². The molecule has 0 unspecified atom stereocenters. The standard InChI is InChI=1S/C21H25F2N3O.2ClH/c22-18-7-3-16(4-8-18)21(17-5-9-19(23)10-6-17)26-14-12-25(13-15-26)20(27)2-1-11-24;;/h3-10,21H,1-2,11-15,24H2;2*1H.